The second-order valence-corrected chi connectivity index (χ2v) is 7.18. The highest BCUT2D eigenvalue weighted by Crippen LogP contribution is 2.24. The molecule has 27 heavy (non-hydrogen) atoms. The number of ether oxygens (including phenoxy) is 2. The first-order chi connectivity index (χ1) is 13.0. The normalized spacial score (nSPS) is 10.5. The maximum Gasteiger partial charge on any atom is 0.263 e. The monoisotopic (exact) mass is 382 g/mol. The largest absolute Gasteiger partial charge is 0.494 e. The van der Waals surface area contributed by atoms with Crippen molar-refractivity contribution in [2.45, 2.75) is 27.3 Å². The molecule has 1 aromatic heterocycles. The van der Waals surface area contributed by atoms with Crippen LogP contribution in [0.3, 0.4) is 0 Å². The highest BCUT2D eigenvalue weighted by Gasteiger charge is 2.13. The molecule has 0 spiro atoms. The van der Waals surface area contributed by atoms with Gasteiger partial charge in [0.2, 0.25) is 0 Å². The molecule has 2 aromatic carbocycles. The first-order valence-corrected chi connectivity index (χ1v) is 9.58. The number of thiazole rings is 1. The minimum atomic E-state index is -0.0900. The summed E-state index contributed by atoms with van der Waals surface area (Å²) in [6, 6.07) is 15.2. The molecule has 6 heteroatoms. The van der Waals surface area contributed by atoms with Crippen LogP contribution in [0, 0.1) is 13.8 Å². The molecule has 1 heterocycles. The molecule has 1 N–H and O–H groups in total. The van der Waals surface area contributed by atoms with E-state index in [2.05, 4.69) is 10.3 Å². The molecule has 1 amide bonds. The average molecular weight is 382 g/mol. The number of amides is 1. The Kier molecular flexibility index (Phi) is 6.08. The summed E-state index contributed by atoms with van der Waals surface area (Å²) in [6.45, 7) is 6.80. The molecule has 140 valence electrons. The van der Waals surface area contributed by atoms with E-state index in [-0.39, 0.29) is 5.91 Å². The van der Waals surface area contributed by atoms with Crippen molar-refractivity contribution in [3.05, 3.63) is 69.7 Å². The fourth-order valence-electron chi connectivity index (χ4n) is 2.59. The third-order valence-electron chi connectivity index (χ3n) is 3.86. The molecule has 0 fully saturated rings. The van der Waals surface area contributed by atoms with Gasteiger partial charge >= 0.3 is 0 Å². The lowest BCUT2D eigenvalue weighted by Crippen LogP contribution is -2.22. The number of nitrogens with one attached hydrogen (secondary N) is 1. The van der Waals surface area contributed by atoms with E-state index in [1.165, 1.54) is 11.3 Å². The van der Waals surface area contributed by atoms with Gasteiger partial charge in [-0.3, -0.25) is 4.79 Å². The van der Waals surface area contributed by atoms with Gasteiger partial charge in [0.15, 0.2) is 0 Å². The lowest BCUT2D eigenvalue weighted by Gasteiger charge is -2.09. The Hall–Kier alpha value is -2.86. The molecule has 0 atom stereocenters. The van der Waals surface area contributed by atoms with Crippen LogP contribution in [0.2, 0.25) is 0 Å². The van der Waals surface area contributed by atoms with Crippen molar-refractivity contribution in [2.75, 3.05) is 6.61 Å². The Bertz CT molecular complexity index is 902. The predicted molar refractivity (Wildman–Crippen MR) is 107 cm³/mol. The van der Waals surface area contributed by atoms with Crippen LogP contribution in [-0.4, -0.2) is 17.5 Å². The zero-order chi connectivity index (χ0) is 19.2. The van der Waals surface area contributed by atoms with Crippen molar-refractivity contribution in [1.29, 1.82) is 0 Å². The Balaban J connectivity index is 1.55. The van der Waals surface area contributed by atoms with Crippen LogP contribution in [0.1, 0.15) is 32.9 Å². The van der Waals surface area contributed by atoms with E-state index in [0.29, 0.717) is 18.0 Å². The summed E-state index contributed by atoms with van der Waals surface area (Å²) in [6.07, 6.45) is 0. The Morgan fingerprint density at radius 1 is 1.00 bits per heavy atom. The van der Waals surface area contributed by atoms with Crippen LogP contribution in [0.4, 0.5) is 0 Å². The third-order valence-corrected chi connectivity index (χ3v) is 4.93. The minimum absolute atomic E-state index is 0.0900. The number of carbonyl (C=O) groups excluding carboxylic acids is 1. The molecule has 0 saturated carbocycles. The summed E-state index contributed by atoms with van der Waals surface area (Å²) in [5.41, 5.74) is 1.77. The number of nitrogens with zero attached hydrogens (tertiary/aromatic N) is 1. The molecule has 0 unspecified atom stereocenters. The molecule has 0 bridgehead atoms. The number of benzene rings is 2. The van der Waals surface area contributed by atoms with Crippen LogP contribution in [-0.2, 0) is 6.54 Å². The average Bonchev–Trinajstić information content (AvgIpc) is 3.01. The van der Waals surface area contributed by atoms with Crippen molar-refractivity contribution in [3.8, 4) is 17.2 Å². The molecule has 0 aliphatic heterocycles. The molecular weight excluding hydrogens is 360 g/mol. The second kappa shape index (κ2) is 8.68. The number of carbonyl (C=O) groups is 1. The van der Waals surface area contributed by atoms with Gasteiger partial charge in [-0.1, -0.05) is 12.1 Å². The van der Waals surface area contributed by atoms with Crippen LogP contribution >= 0.6 is 11.3 Å². The number of aryl methyl sites for hydroxylation is 2. The van der Waals surface area contributed by atoms with Gasteiger partial charge in [0, 0.05) is 6.54 Å². The summed E-state index contributed by atoms with van der Waals surface area (Å²) in [5, 5.41) is 3.83. The van der Waals surface area contributed by atoms with E-state index in [0.717, 1.165) is 33.5 Å². The summed E-state index contributed by atoms with van der Waals surface area (Å²) in [5.74, 6) is 2.22. The fraction of sp³-hybridized carbons (Fsp3) is 0.238. The van der Waals surface area contributed by atoms with Gasteiger partial charge in [-0.15, -0.1) is 11.3 Å². The first-order valence-electron chi connectivity index (χ1n) is 8.77. The number of aromatic nitrogens is 1. The third kappa shape index (κ3) is 5.08. The summed E-state index contributed by atoms with van der Waals surface area (Å²) >= 11 is 1.41. The standard InChI is InChI=1S/C21H22N2O3S/c1-4-25-17-9-11-19(12-10-17)26-18-7-5-16(6-8-18)13-22-21(24)20-14(2)23-15(3)27-20/h5-12H,4,13H2,1-3H3,(H,22,24). The minimum Gasteiger partial charge on any atom is -0.494 e. The highest BCUT2D eigenvalue weighted by molar-refractivity contribution is 7.13. The summed E-state index contributed by atoms with van der Waals surface area (Å²) in [4.78, 5) is 17.2. The topological polar surface area (TPSA) is 60.5 Å². The molecule has 5 nitrogen and oxygen atoms in total. The maximum atomic E-state index is 12.3. The van der Waals surface area contributed by atoms with E-state index >= 15 is 0 Å². The van der Waals surface area contributed by atoms with E-state index < -0.39 is 0 Å². The van der Waals surface area contributed by atoms with Gasteiger partial charge in [0.25, 0.3) is 5.91 Å². The van der Waals surface area contributed by atoms with Crippen LogP contribution in [0.5, 0.6) is 17.2 Å². The van der Waals surface area contributed by atoms with E-state index in [1.54, 1.807) is 0 Å². The number of hydrogen-bond acceptors (Lipinski definition) is 5. The Morgan fingerprint density at radius 2 is 1.59 bits per heavy atom. The van der Waals surface area contributed by atoms with Gasteiger partial charge < -0.3 is 14.8 Å². The van der Waals surface area contributed by atoms with Crippen LogP contribution in [0.15, 0.2) is 48.5 Å². The summed E-state index contributed by atoms with van der Waals surface area (Å²) in [7, 11) is 0. The van der Waals surface area contributed by atoms with Crippen LogP contribution in [0.25, 0.3) is 0 Å². The second-order valence-electron chi connectivity index (χ2n) is 5.98. The molecule has 3 aromatic rings. The first kappa shape index (κ1) is 18.9. The smallest absolute Gasteiger partial charge is 0.263 e. The molecular formula is C21H22N2O3S. The van der Waals surface area contributed by atoms with Crippen molar-refractivity contribution < 1.29 is 14.3 Å². The molecule has 3 rings (SSSR count). The Labute approximate surface area is 163 Å². The lowest BCUT2D eigenvalue weighted by atomic mass is 10.2. The maximum absolute atomic E-state index is 12.3. The van der Waals surface area contributed by atoms with Crippen LogP contribution < -0.4 is 14.8 Å². The molecule has 0 aliphatic rings. The van der Waals surface area contributed by atoms with Crippen molar-refractivity contribution in [3.63, 3.8) is 0 Å². The number of rotatable bonds is 7. The van der Waals surface area contributed by atoms with Crippen molar-refractivity contribution in [2.24, 2.45) is 0 Å². The highest BCUT2D eigenvalue weighted by atomic mass is 32.1. The van der Waals surface area contributed by atoms with Gasteiger partial charge in [0.1, 0.15) is 22.1 Å². The zero-order valence-corrected chi connectivity index (χ0v) is 16.4. The van der Waals surface area contributed by atoms with Crippen molar-refractivity contribution >= 4 is 17.2 Å². The SMILES string of the molecule is CCOc1ccc(Oc2ccc(CNC(=O)c3sc(C)nc3C)cc2)cc1. The van der Waals surface area contributed by atoms with Gasteiger partial charge in [-0.25, -0.2) is 4.98 Å². The fourth-order valence-corrected chi connectivity index (χ4v) is 3.42. The molecule has 0 radical (unpaired) electrons. The van der Waals surface area contributed by atoms with E-state index in [1.807, 2.05) is 69.3 Å². The quantitative estimate of drug-likeness (QED) is 0.633. The Morgan fingerprint density at radius 3 is 2.15 bits per heavy atom. The molecule has 0 saturated heterocycles. The van der Waals surface area contributed by atoms with Gasteiger partial charge in [-0.05, 0) is 62.7 Å². The van der Waals surface area contributed by atoms with E-state index in [4.69, 9.17) is 9.47 Å². The zero-order valence-electron chi connectivity index (χ0n) is 15.6. The lowest BCUT2D eigenvalue weighted by molar-refractivity contribution is 0.0954. The van der Waals surface area contributed by atoms with E-state index in [9.17, 15) is 4.79 Å². The predicted octanol–water partition coefficient (Wildman–Crippen LogP) is 4.88. The van der Waals surface area contributed by atoms with Gasteiger partial charge in [-0.2, -0.15) is 0 Å². The van der Waals surface area contributed by atoms with Gasteiger partial charge in [0.05, 0.1) is 17.3 Å². The molecule has 0 aliphatic carbocycles. The number of hydrogen-bond donors (Lipinski definition) is 1. The van der Waals surface area contributed by atoms with Crippen molar-refractivity contribution in [1.82, 2.24) is 10.3 Å². The summed E-state index contributed by atoms with van der Waals surface area (Å²) < 4.78 is 11.3.